The lowest BCUT2D eigenvalue weighted by atomic mass is 9.89. The lowest BCUT2D eigenvalue weighted by molar-refractivity contribution is 0.0429. The van der Waals surface area contributed by atoms with E-state index in [1.54, 1.807) is 0 Å². The first-order valence-corrected chi connectivity index (χ1v) is 5.71. The normalized spacial score (nSPS) is 30.9. The van der Waals surface area contributed by atoms with Crippen LogP contribution in [0.15, 0.2) is 0 Å². The van der Waals surface area contributed by atoms with Crippen molar-refractivity contribution in [2.45, 2.75) is 63.8 Å². The van der Waals surface area contributed by atoms with E-state index in [-0.39, 0.29) is 12.1 Å². The minimum absolute atomic E-state index is 0.0374. The Labute approximate surface area is 96.3 Å². The van der Waals surface area contributed by atoms with E-state index in [9.17, 15) is 9.90 Å². The number of nitrogens with one attached hydrogen (secondary N) is 1. The number of aliphatic hydroxyl groups excluding tert-OH is 1. The SMILES string of the molecule is CC(C)(C)OC(=O)N[C@@H]1CC[C@@H](N)[C@@H](O)C1. The van der Waals surface area contributed by atoms with Crippen LogP contribution in [0.2, 0.25) is 0 Å². The van der Waals surface area contributed by atoms with Gasteiger partial charge in [0.15, 0.2) is 0 Å². The van der Waals surface area contributed by atoms with Gasteiger partial charge in [0.05, 0.1) is 6.10 Å². The summed E-state index contributed by atoms with van der Waals surface area (Å²) < 4.78 is 5.14. The van der Waals surface area contributed by atoms with Crippen LogP contribution in [0.1, 0.15) is 40.0 Å². The van der Waals surface area contributed by atoms with Gasteiger partial charge in [-0.15, -0.1) is 0 Å². The molecule has 0 aromatic carbocycles. The molecule has 94 valence electrons. The molecule has 5 heteroatoms. The van der Waals surface area contributed by atoms with Crippen LogP contribution in [0.25, 0.3) is 0 Å². The molecule has 0 saturated heterocycles. The molecule has 5 nitrogen and oxygen atoms in total. The highest BCUT2D eigenvalue weighted by Crippen LogP contribution is 2.18. The van der Waals surface area contributed by atoms with Crippen LogP contribution in [-0.2, 0) is 4.74 Å². The Bertz CT molecular complexity index is 250. The summed E-state index contributed by atoms with van der Waals surface area (Å²) in [5.41, 5.74) is 5.19. The van der Waals surface area contributed by atoms with Crippen molar-refractivity contribution in [3.8, 4) is 0 Å². The highest BCUT2D eigenvalue weighted by molar-refractivity contribution is 5.68. The third-order valence-electron chi connectivity index (χ3n) is 2.59. The standard InChI is InChI=1S/C11H22N2O3/c1-11(2,3)16-10(15)13-7-4-5-8(12)9(14)6-7/h7-9,14H,4-6,12H2,1-3H3,(H,13,15)/t7-,8-,9+/m1/s1. The molecule has 0 radical (unpaired) electrons. The predicted molar refractivity (Wildman–Crippen MR) is 61.0 cm³/mol. The van der Waals surface area contributed by atoms with Gasteiger partial charge in [-0.1, -0.05) is 0 Å². The molecular weight excluding hydrogens is 208 g/mol. The molecule has 1 amide bonds. The highest BCUT2D eigenvalue weighted by atomic mass is 16.6. The van der Waals surface area contributed by atoms with Gasteiger partial charge in [-0.3, -0.25) is 0 Å². The van der Waals surface area contributed by atoms with Crippen LogP contribution in [-0.4, -0.2) is 35.0 Å². The van der Waals surface area contributed by atoms with E-state index in [0.29, 0.717) is 6.42 Å². The van der Waals surface area contributed by atoms with Crippen LogP contribution >= 0.6 is 0 Å². The van der Waals surface area contributed by atoms with Crippen LogP contribution in [0.3, 0.4) is 0 Å². The van der Waals surface area contributed by atoms with Crippen molar-refractivity contribution >= 4 is 6.09 Å². The summed E-state index contributed by atoms with van der Waals surface area (Å²) in [5, 5.41) is 12.3. The van der Waals surface area contributed by atoms with Crippen molar-refractivity contribution in [1.82, 2.24) is 5.32 Å². The summed E-state index contributed by atoms with van der Waals surface area (Å²) in [7, 11) is 0. The lowest BCUT2D eigenvalue weighted by Crippen LogP contribution is -2.48. The second-order valence-electron chi connectivity index (χ2n) is 5.39. The molecule has 0 aliphatic heterocycles. The number of ether oxygens (including phenoxy) is 1. The molecule has 0 aromatic heterocycles. The molecule has 0 heterocycles. The molecule has 0 spiro atoms. The fourth-order valence-electron chi connectivity index (χ4n) is 1.78. The maximum atomic E-state index is 11.5. The largest absolute Gasteiger partial charge is 0.444 e. The molecule has 0 aromatic rings. The lowest BCUT2D eigenvalue weighted by Gasteiger charge is -2.31. The van der Waals surface area contributed by atoms with E-state index >= 15 is 0 Å². The molecule has 1 fully saturated rings. The Morgan fingerprint density at radius 3 is 2.56 bits per heavy atom. The van der Waals surface area contributed by atoms with Crippen LogP contribution < -0.4 is 11.1 Å². The molecule has 3 atom stereocenters. The fourth-order valence-corrected chi connectivity index (χ4v) is 1.78. The maximum Gasteiger partial charge on any atom is 0.407 e. The van der Waals surface area contributed by atoms with E-state index < -0.39 is 17.8 Å². The van der Waals surface area contributed by atoms with Crippen molar-refractivity contribution in [2.24, 2.45) is 5.73 Å². The molecule has 16 heavy (non-hydrogen) atoms. The third-order valence-corrected chi connectivity index (χ3v) is 2.59. The minimum Gasteiger partial charge on any atom is -0.444 e. The molecule has 0 bridgehead atoms. The van der Waals surface area contributed by atoms with Crippen LogP contribution in [0, 0.1) is 0 Å². The quantitative estimate of drug-likeness (QED) is 0.620. The number of alkyl carbamates (subject to hydrolysis) is 1. The summed E-state index contributed by atoms with van der Waals surface area (Å²) in [4.78, 5) is 11.5. The smallest absolute Gasteiger partial charge is 0.407 e. The minimum atomic E-state index is -0.534. The number of hydrogen-bond acceptors (Lipinski definition) is 4. The van der Waals surface area contributed by atoms with E-state index in [0.717, 1.165) is 12.8 Å². The van der Waals surface area contributed by atoms with Gasteiger partial charge in [-0.05, 0) is 40.0 Å². The maximum absolute atomic E-state index is 11.5. The van der Waals surface area contributed by atoms with Crippen LogP contribution in [0.5, 0.6) is 0 Å². The zero-order valence-corrected chi connectivity index (χ0v) is 10.2. The number of aliphatic hydroxyl groups is 1. The average Bonchev–Trinajstić information content (AvgIpc) is 2.08. The van der Waals surface area contributed by atoms with Gasteiger partial charge in [-0.25, -0.2) is 4.79 Å². The molecular formula is C11H22N2O3. The van der Waals surface area contributed by atoms with E-state index in [2.05, 4.69) is 5.32 Å². The van der Waals surface area contributed by atoms with Gasteiger partial charge in [0.25, 0.3) is 0 Å². The van der Waals surface area contributed by atoms with Crippen molar-refractivity contribution in [3.63, 3.8) is 0 Å². The monoisotopic (exact) mass is 230 g/mol. The first kappa shape index (κ1) is 13.3. The Morgan fingerprint density at radius 1 is 1.44 bits per heavy atom. The number of amides is 1. The average molecular weight is 230 g/mol. The fraction of sp³-hybridized carbons (Fsp3) is 0.909. The van der Waals surface area contributed by atoms with Crippen molar-refractivity contribution in [1.29, 1.82) is 0 Å². The zero-order valence-electron chi connectivity index (χ0n) is 10.2. The van der Waals surface area contributed by atoms with E-state index in [1.807, 2.05) is 20.8 Å². The summed E-state index contributed by atoms with van der Waals surface area (Å²) in [6.45, 7) is 5.45. The number of carbonyl (C=O) groups is 1. The topological polar surface area (TPSA) is 84.6 Å². The van der Waals surface area contributed by atoms with E-state index in [1.165, 1.54) is 0 Å². The number of rotatable bonds is 1. The first-order valence-electron chi connectivity index (χ1n) is 5.71. The summed E-state index contributed by atoms with van der Waals surface area (Å²) in [6.07, 6.45) is 1.05. The van der Waals surface area contributed by atoms with Gasteiger partial charge in [0, 0.05) is 12.1 Å². The second kappa shape index (κ2) is 5.01. The zero-order chi connectivity index (χ0) is 12.3. The van der Waals surface area contributed by atoms with E-state index in [4.69, 9.17) is 10.5 Å². The Balaban J connectivity index is 2.35. The number of hydrogen-bond donors (Lipinski definition) is 3. The van der Waals surface area contributed by atoms with Gasteiger partial charge < -0.3 is 20.9 Å². The van der Waals surface area contributed by atoms with Crippen LogP contribution in [0.4, 0.5) is 4.79 Å². The molecule has 1 rings (SSSR count). The summed E-state index contributed by atoms with van der Waals surface area (Å²) in [5.74, 6) is 0. The Kier molecular flexibility index (Phi) is 4.15. The Morgan fingerprint density at radius 2 is 2.06 bits per heavy atom. The second-order valence-corrected chi connectivity index (χ2v) is 5.39. The predicted octanol–water partition coefficient (Wildman–Crippen LogP) is 0.752. The van der Waals surface area contributed by atoms with Crippen molar-refractivity contribution in [2.75, 3.05) is 0 Å². The molecule has 1 aliphatic carbocycles. The van der Waals surface area contributed by atoms with Gasteiger partial charge in [-0.2, -0.15) is 0 Å². The van der Waals surface area contributed by atoms with Gasteiger partial charge >= 0.3 is 6.09 Å². The van der Waals surface area contributed by atoms with Crippen molar-refractivity contribution in [3.05, 3.63) is 0 Å². The van der Waals surface area contributed by atoms with Crippen molar-refractivity contribution < 1.29 is 14.6 Å². The number of carbonyl (C=O) groups excluding carboxylic acids is 1. The number of nitrogens with two attached hydrogens (primary N) is 1. The Hall–Kier alpha value is -0.810. The molecule has 0 unspecified atom stereocenters. The molecule has 1 saturated carbocycles. The summed E-state index contributed by atoms with van der Waals surface area (Å²) >= 11 is 0. The first-order chi connectivity index (χ1) is 7.28. The van der Waals surface area contributed by atoms with Gasteiger partial charge in [0.1, 0.15) is 5.60 Å². The third kappa shape index (κ3) is 4.37. The summed E-state index contributed by atoms with van der Waals surface area (Å²) in [6, 6.07) is -0.207. The van der Waals surface area contributed by atoms with Gasteiger partial charge in [0.2, 0.25) is 0 Å². The molecule has 1 aliphatic rings. The highest BCUT2D eigenvalue weighted by Gasteiger charge is 2.28. The molecule has 4 N–H and O–H groups in total.